The summed E-state index contributed by atoms with van der Waals surface area (Å²) < 4.78 is 1.76. The average molecular weight is 267 g/mol. The Kier molecular flexibility index (Phi) is 5.33. The molecule has 1 aromatic heterocycles. The summed E-state index contributed by atoms with van der Waals surface area (Å²) in [5.41, 5.74) is 0. The molecule has 0 aromatic carbocycles. The summed E-state index contributed by atoms with van der Waals surface area (Å²) in [6, 6.07) is 2.39. The second-order valence-corrected chi connectivity index (χ2v) is 5.44. The van der Waals surface area contributed by atoms with E-state index in [-0.39, 0.29) is 0 Å². The van der Waals surface area contributed by atoms with Gasteiger partial charge >= 0.3 is 0 Å². The summed E-state index contributed by atoms with van der Waals surface area (Å²) in [7, 11) is 4.33. The number of aromatic nitrogens is 2. The molecule has 2 atom stereocenters. The standard InChI is InChI=1S/C13H25N5O/c1-16-6-7-17(2)12(10-16)8-14-9-13(19)11-18-5-3-4-15-18/h3-5,12-14,19H,6-11H2,1-2H3. The summed E-state index contributed by atoms with van der Waals surface area (Å²) in [5, 5.41) is 17.4. The van der Waals surface area contributed by atoms with E-state index in [1.54, 1.807) is 10.9 Å². The molecular weight excluding hydrogens is 242 g/mol. The predicted molar refractivity (Wildman–Crippen MR) is 75.0 cm³/mol. The number of aliphatic hydroxyl groups excluding tert-OH is 1. The zero-order chi connectivity index (χ0) is 13.7. The first-order valence-corrected chi connectivity index (χ1v) is 6.90. The SMILES string of the molecule is CN1CCN(C)C(CNCC(O)Cn2cccn2)C1. The molecule has 1 aliphatic heterocycles. The summed E-state index contributed by atoms with van der Waals surface area (Å²) in [5.74, 6) is 0. The van der Waals surface area contributed by atoms with Gasteiger partial charge in [-0.3, -0.25) is 9.58 Å². The lowest BCUT2D eigenvalue weighted by Gasteiger charge is -2.37. The maximum absolute atomic E-state index is 9.92. The molecule has 0 spiro atoms. The molecule has 0 aliphatic carbocycles. The van der Waals surface area contributed by atoms with Gasteiger partial charge in [-0.25, -0.2) is 0 Å². The quantitative estimate of drug-likeness (QED) is 0.698. The third-order valence-corrected chi connectivity index (χ3v) is 3.70. The highest BCUT2D eigenvalue weighted by Gasteiger charge is 2.21. The maximum atomic E-state index is 9.92. The number of rotatable bonds is 6. The van der Waals surface area contributed by atoms with E-state index in [0.29, 0.717) is 19.1 Å². The van der Waals surface area contributed by atoms with Gasteiger partial charge in [0, 0.05) is 51.2 Å². The van der Waals surface area contributed by atoms with Gasteiger partial charge in [0.05, 0.1) is 12.6 Å². The topological polar surface area (TPSA) is 56.6 Å². The van der Waals surface area contributed by atoms with Crippen LogP contribution in [0.15, 0.2) is 18.5 Å². The van der Waals surface area contributed by atoms with Gasteiger partial charge < -0.3 is 15.3 Å². The number of likely N-dealkylation sites (N-methyl/N-ethyl adjacent to an activating group) is 2. The monoisotopic (exact) mass is 267 g/mol. The van der Waals surface area contributed by atoms with Crippen LogP contribution >= 0.6 is 0 Å². The average Bonchev–Trinajstić information content (AvgIpc) is 2.86. The lowest BCUT2D eigenvalue weighted by atomic mass is 10.2. The van der Waals surface area contributed by atoms with Crippen LogP contribution in [0.3, 0.4) is 0 Å². The molecule has 2 heterocycles. The molecule has 0 saturated carbocycles. The van der Waals surface area contributed by atoms with Gasteiger partial charge in [-0.2, -0.15) is 5.10 Å². The van der Waals surface area contributed by atoms with Crippen molar-refractivity contribution in [2.45, 2.75) is 18.7 Å². The molecule has 1 saturated heterocycles. The highest BCUT2D eigenvalue weighted by atomic mass is 16.3. The van der Waals surface area contributed by atoms with E-state index in [4.69, 9.17) is 0 Å². The van der Waals surface area contributed by atoms with Gasteiger partial charge in [-0.05, 0) is 20.2 Å². The van der Waals surface area contributed by atoms with E-state index in [2.05, 4.69) is 34.3 Å². The molecule has 0 bridgehead atoms. The zero-order valence-corrected chi connectivity index (χ0v) is 11.9. The Morgan fingerprint density at radius 2 is 2.26 bits per heavy atom. The molecular formula is C13H25N5O. The number of piperazine rings is 1. The first-order valence-electron chi connectivity index (χ1n) is 6.90. The Morgan fingerprint density at radius 1 is 1.42 bits per heavy atom. The van der Waals surface area contributed by atoms with Crippen molar-refractivity contribution in [1.82, 2.24) is 24.9 Å². The minimum absolute atomic E-state index is 0.397. The molecule has 6 heteroatoms. The summed E-state index contributed by atoms with van der Waals surface area (Å²) in [4.78, 5) is 4.74. The Hall–Kier alpha value is -0.950. The molecule has 108 valence electrons. The summed E-state index contributed by atoms with van der Waals surface area (Å²) in [6.07, 6.45) is 3.20. The van der Waals surface area contributed by atoms with Crippen LogP contribution < -0.4 is 5.32 Å². The molecule has 1 aromatic rings. The maximum Gasteiger partial charge on any atom is 0.0860 e. The second kappa shape index (κ2) is 7.00. The number of aliphatic hydroxyl groups is 1. The fraction of sp³-hybridized carbons (Fsp3) is 0.769. The van der Waals surface area contributed by atoms with Gasteiger partial charge in [0.1, 0.15) is 0 Å². The number of hydrogen-bond donors (Lipinski definition) is 2. The van der Waals surface area contributed by atoms with Crippen LogP contribution in [0.4, 0.5) is 0 Å². The molecule has 2 N–H and O–H groups in total. The lowest BCUT2D eigenvalue weighted by molar-refractivity contribution is 0.104. The third kappa shape index (κ3) is 4.58. The highest BCUT2D eigenvalue weighted by molar-refractivity contribution is 4.81. The van der Waals surface area contributed by atoms with Crippen LogP contribution in [0.1, 0.15) is 0 Å². The van der Waals surface area contributed by atoms with Crippen LogP contribution in [-0.4, -0.2) is 83.7 Å². The zero-order valence-electron chi connectivity index (χ0n) is 11.9. The molecule has 2 rings (SSSR count). The van der Waals surface area contributed by atoms with Gasteiger partial charge in [-0.1, -0.05) is 0 Å². The normalized spacial score (nSPS) is 23.6. The van der Waals surface area contributed by atoms with Crippen molar-refractivity contribution < 1.29 is 5.11 Å². The predicted octanol–water partition coefficient (Wildman–Crippen LogP) is -0.921. The third-order valence-electron chi connectivity index (χ3n) is 3.70. The minimum atomic E-state index is -0.397. The van der Waals surface area contributed by atoms with Crippen molar-refractivity contribution >= 4 is 0 Å². The highest BCUT2D eigenvalue weighted by Crippen LogP contribution is 2.04. The fourth-order valence-corrected chi connectivity index (χ4v) is 2.43. The Labute approximate surface area is 115 Å². The van der Waals surface area contributed by atoms with Gasteiger partial charge in [0.2, 0.25) is 0 Å². The van der Waals surface area contributed by atoms with Crippen LogP contribution in [0, 0.1) is 0 Å². The lowest BCUT2D eigenvalue weighted by Crippen LogP contribution is -2.54. The smallest absolute Gasteiger partial charge is 0.0860 e. The first kappa shape index (κ1) is 14.5. The van der Waals surface area contributed by atoms with E-state index in [9.17, 15) is 5.11 Å². The van der Waals surface area contributed by atoms with Crippen molar-refractivity contribution in [3.63, 3.8) is 0 Å². The van der Waals surface area contributed by atoms with Crippen molar-refractivity contribution in [3.8, 4) is 0 Å². The molecule has 1 fully saturated rings. The molecule has 6 nitrogen and oxygen atoms in total. The number of hydrogen-bond acceptors (Lipinski definition) is 5. The van der Waals surface area contributed by atoms with E-state index >= 15 is 0 Å². The van der Waals surface area contributed by atoms with Gasteiger partial charge in [0.25, 0.3) is 0 Å². The Balaban J connectivity index is 1.65. The number of nitrogens with zero attached hydrogens (tertiary/aromatic N) is 4. The van der Waals surface area contributed by atoms with Crippen molar-refractivity contribution in [2.24, 2.45) is 0 Å². The van der Waals surface area contributed by atoms with Crippen LogP contribution in [0.5, 0.6) is 0 Å². The van der Waals surface area contributed by atoms with E-state index in [1.807, 2.05) is 12.3 Å². The van der Waals surface area contributed by atoms with Crippen LogP contribution in [0.25, 0.3) is 0 Å². The minimum Gasteiger partial charge on any atom is -0.390 e. The summed E-state index contributed by atoms with van der Waals surface area (Å²) in [6.45, 7) is 5.39. The van der Waals surface area contributed by atoms with Crippen molar-refractivity contribution in [3.05, 3.63) is 18.5 Å². The largest absolute Gasteiger partial charge is 0.390 e. The van der Waals surface area contributed by atoms with E-state index in [1.165, 1.54) is 0 Å². The van der Waals surface area contributed by atoms with Crippen molar-refractivity contribution in [1.29, 1.82) is 0 Å². The molecule has 1 aliphatic rings. The Bertz CT molecular complexity index is 356. The Morgan fingerprint density at radius 3 is 3.00 bits per heavy atom. The molecule has 0 amide bonds. The van der Waals surface area contributed by atoms with Crippen LogP contribution in [0.2, 0.25) is 0 Å². The molecule has 2 unspecified atom stereocenters. The van der Waals surface area contributed by atoms with E-state index < -0.39 is 6.10 Å². The van der Waals surface area contributed by atoms with Gasteiger partial charge in [0.15, 0.2) is 0 Å². The van der Waals surface area contributed by atoms with Crippen molar-refractivity contribution in [2.75, 3.05) is 46.8 Å². The van der Waals surface area contributed by atoms with Gasteiger partial charge in [-0.15, -0.1) is 0 Å². The number of nitrogens with one attached hydrogen (secondary N) is 1. The fourth-order valence-electron chi connectivity index (χ4n) is 2.43. The molecule has 19 heavy (non-hydrogen) atoms. The first-order chi connectivity index (χ1) is 9.15. The molecule has 0 radical (unpaired) electrons. The van der Waals surface area contributed by atoms with E-state index in [0.717, 1.165) is 26.2 Å². The van der Waals surface area contributed by atoms with Crippen LogP contribution in [-0.2, 0) is 6.54 Å². The second-order valence-electron chi connectivity index (χ2n) is 5.44. The summed E-state index contributed by atoms with van der Waals surface area (Å²) >= 11 is 0.